The highest BCUT2D eigenvalue weighted by Crippen LogP contribution is 2.42. The molecule has 0 fully saturated rings. The summed E-state index contributed by atoms with van der Waals surface area (Å²) in [7, 11) is 0. The number of benzene rings is 9. The zero-order chi connectivity index (χ0) is 40.0. The van der Waals surface area contributed by atoms with E-state index in [2.05, 4.69) is 215 Å². The van der Waals surface area contributed by atoms with Gasteiger partial charge in [-0.05, 0) is 89.0 Å². The molecule has 0 aliphatic rings. The second kappa shape index (κ2) is 13.3. The van der Waals surface area contributed by atoms with E-state index in [0.29, 0.717) is 5.95 Å². The summed E-state index contributed by atoms with van der Waals surface area (Å²) in [6.07, 6.45) is 0. The van der Waals surface area contributed by atoms with Crippen LogP contribution in [-0.4, -0.2) is 19.1 Å². The molecule has 0 unspecified atom stereocenters. The predicted molar refractivity (Wildman–Crippen MR) is 257 cm³/mol. The fourth-order valence-corrected chi connectivity index (χ4v) is 10.8. The molecule has 0 bridgehead atoms. The maximum atomic E-state index is 5.47. The Bertz CT molecular complexity index is 3890. The van der Waals surface area contributed by atoms with Crippen molar-refractivity contribution in [2.45, 2.75) is 0 Å². The van der Waals surface area contributed by atoms with Crippen LogP contribution >= 0.6 is 11.3 Å². The Hall–Kier alpha value is -7.86. The van der Waals surface area contributed by atoms with E-state index in [1.54, 1.807) is 0 Å². The van der Waals surface area contributed by atoms with Crippen LogP contribution in [0.1, 0.15) is 0 Å². The first-order chi connectivity index (χ1) is 30.2. The van der Waals surface area contributed by atoms with E-state index in [1.807, 2.05) is 11.3 Å². The van der Waals surface area contributed by atoms with Crippen molar-refractivity contribution >= 4 is 86.0 Å². The lowest BCUT2D eigenvalue weighted by Gasteiger charge is -2.13. The average Bonchev–Trinajstić information content (AvgIpc) is 3.99. The van der Waals surface area contributed by atoms with Crippen molar-refractivity contribution in [3.8, 4) is 45.1 Å². The predicted octanol–water partition coefficient (Wildman–Crippen LogP) is 15.2. The van der Waals surface area contributed by atoms with Gasteiger partial charge in [0, 0.05) is 58.4 Å². The van der Waals surface area contributed by atoms with Gasteiger partial charge >= 0.3 is 0 Å². The van der Waals surface area contributed by atoms with Crippen LogP contribution in [0.2, 0.25) is 0 Å². The van der Waals surface area contributed by atoms with Gasteiger partial charge in [-0.1, -0.05) is 140 Å². The number of hydrogen-bond donors (Lipinski definition) is 0. The molecule has 5 heteroatoms. The molecular formula is C56H34N4S. The second-order valence-electron chi connectivity index (χ2n) is 15.8. The molecule has 0 spiro atoms. The van der Waals surface area contributed by atoms with Gasteiger partial charge in [0.25, 0.3) is 0 Å². The first kappa shape index (κ1) is 34.0. The number of hydrogen-bond acceptors (Lipinski definition) is 3. The third-order valence-electron chi connectivity index (χ3n) is 12.3. The molecule has 4 heterocycles. The quantitative estimate of drug-likeness (QED) is 0.174. The summed E-state index contributed by atoms with van der Waals surface area (Å²) in [6, 6.07) is 74.3. The van der Waals surface area contributed by atoms with Crippen molar-refractivity contribution in [2.24, 2.45) is 0 Å². The van der Waals surface area contributed by atoms with Crippen molar-refractivity contribution < 1.29 is 0 Å². The molecule has 0 saturated heterocycles. The third-order valence-corrected chi connectivity index (χ3v) is 13.6. The summed E-state index contributed by atoms with van der Waals surface area (Å²) < 4.78 is 7.21. The highest BCUT2D eigenvalue weighted by atomic mass is 32.1. The van der Waals surface area contributed by atoms with Crippen molar-refractivity contribution in [3.63, 3.8) is 0 Å². The number of thiophene rings is 1. The minimum atomic E-state index is 0.653. The average molecular weight is 795 g/mol. The molecule has 9 aromatic carbocycles. The molecule has 0 saturated carbocycles. The molecule has 4 nitrogen and oxygen atoms in total. The van der Waals surface area contributed by atoms with Crippen LogP contribution in [0.4, 0.5) is 0 Å². The first-order valence-electron chi connectivity index (χ1n) is 20.7. The minimum absolute atomic E-state index is 0.653. The lowest BCUT2D eigenvalue weighted by Crippen LogP contribution is -2.03. The van der Waals surface area contributed by atoms with Crippen LogP contribution in [0.3, 0.4) is 0 Å². The molecule has 4 aromatic heterocycles. The van der Waals surface area contributed by atoms with E-state index in [4.69, 9.17) is 9.97 Å². The molecule has 61 heavy (non-hydrogen) atoms. The SMILES string of the molecule is c1ccc(-n2c3ccccc3c3cc(-c4ccc5c(c4)c4ccccc4n5-c4nc(-c5cccc(-c6cccc7c6sc6ccccc67)c5)c5ccccc5n4)ccc32)cc1. The summed E-state index contributed by atoms with van der Waals surface area (Å²) in [5.74, 6) is 0.653. The Labute approximate surface area is 354 Å². The van der Waals surface area contributed by atoms with Crippen LogP contribution < -0.4 is 0 Å². The Balaban J connectivity index is 0.970. The van der Waals surface area contributed by atoms with Crippen LogP contribution in [0.15, 0.2) is 206 Å². The van der Waals surface area contributed by atoms with Crippen LogP contribution in [0.25, 0.3) is 120 Å². The lowest BCUT2D eigenvalue weighted by molar-refractivity contribution is 1.01. The highest BCUT2D eigenvalue weighted by molar-refractivity contribution is 7.26. The van der Waals surface area contributed by atoms with Crippen molar-refractivity contribution in [3.05, 3.63) is 206 Å². The molecule has 284 valence electrons. The van der Waals surface area contributed by atoms with Gasteiger partial charge in [0.15, 0.2) is 0 Å². The molecule has 0 radical (unpaired) electrons. The largest absolute Gasteiger partial charge is 0.309 e. The number of aromatic nitrogens is 4. The Morgan fingerprint density at radius 2 is 0.918 bits per heavy atom. The Morgan fingerprint density at radius 3 is 1.69 bits per heavy atom. The van der Waals surface area contributed by atoms with Gasteiger partial charge < -0.3 is 4.57 Å². The van der Waals surface area contributed by atoms with E-state index in [1.165, 1.54) is 64.2 Å². The highest BCUT2D eigenvalue weighted by Gasteiger charge is 2.20. The topological polar surface area (TPSA) is 35.6 Å². The summed E-state index contributed by atoms with van der Waals surface area (Å²) in [5.41, 5.74) is 13.3. The van der Waals surface area contributed by atoms with Gasteiger partial charge in [0.1, 0.15) is 0 Å². The summed E-state index contributed by atoms with van der Waals surface area (Å²) in [4.78, 5) is 10.7. The van der Waals surface area contributed by atoms with E-state index in [9.17, 15) is 0 Å². The van der Waals surface area contributed by atoms with Crippen LogP contribution in [0, 0.1) is 0 Å². The summed E-state index contributed by atoms with van der Waals surface area (Å²) in [5, 5.41) is 8.43. The van der Waals surface area contributed by atoms with Gasteiger partial charge in [-0.3, -0.25) is 4.57 Å². The Kier molecular flexibility index (Phi) is 7.44. The van der Waals surface area contributed by atoms with Crippen LogP contribution in [-0.2, 0) is 0 Å². The smallest absolute Gasteiger partial charge is 0.235 e. The zero-order valence-electron chi connectivity index (χ0n) is 32.8. The first-order valence-corrected chi connectivity index (χ1v) is 21.5. The van der Waals surface area contributed by atoms with Crippen molar-refractivity contribution in [1.29, 1.82) is 0 Å². The standard InChI is InChI=1S/C56H34N4S/c1-2-16-39(17-3-1)59-49-25-9-5-18-41(49)46-33-35(28-30-51(46)59)36-29-31-52-47(34-36)42-19-6-10-26-50(42)60(52)56-57-48-24-8-4-21-45(48)54(58-56)38-15-12-14-37(32-38)40-22-13-23-44-43-20-7-11-27-53(43)61-55(40)44/h1-34H. The molecule has 13 rings (SSSR count). The second-order valence-corrected chi connectivity index (χ2v) is 16.8. The van der Waals surface area contributed by atoms with E-state index < -0.39 is 0 Å². The van der Waals surface area contributed by atoms with E-state index in [-0.39, 0.29) is 0 Å². The van der Waals surface area contributed by atoms with Crippen molar-refractivity contribution in [2.75, 3.05) is 0 Å². The summed E-state index contributed by atoms with van der Waals surface area (Å²) in [6.45, 7) is 0. The molecule has 0 atom stereocenters. The van der Waals surface area contributed by atoms with Gasteiger partial charge in [-0.25, -0.2) is 9.97 Å². The van der Waals surface area contributed by atoms with Gasteiger partial charge in [-0.2, -0.15) is 0 Å². The lowest BCUT2D eigenvalue weighted by atomic mass is 9.98. The molecule has 0 amide bonds. The zero-order valence-corrected chi connectivity index (χ0v) is 33.6. The maximum Gasteiger partial charge on any atom is 0.235 e. The van der Waals surface area contributed by atoms with Gasteiger partial charge in [0.05, 0.1) is 33.3 Å². The molecule has 0 N–H and O–H groups in total. The maximum absolute atomic E-state index is 5.47. The summed E-state index contributed by atoms with van der Waals surface area (Å²) >= 11 is 1.86. The fourth-order valence-electron chi connectivity index (χ4n) is 9.57. The number of fused-ring (bicyclic) bond motifs is 10. The molecule has 13 aromatic rings. The van der Waals surface area contributed by atoms with Crippen LogP contribution in [0.5, 0.6) is 0 Å². The van der Waals surface area contributed by atoms with Gasteiger partial charge in [0.2, 0.25) is 5.95 Å². The normalized spacial score (nSPS) is 11.9. The van der Waals surface area contributed by atoms with Crippen molar-refractivity contribution in [1.82, 2.24) is 19.1 Å². The monoisotopic (exact) mass is 794 g/mol. The minimum Gasteiger partial charge on any atom is -0.309 e. The van der Waals surface area contributed by atoms with Gasteiger partial charge in [-0.15, -0.1) is 11.3 Å². The number of para-hydroxylation sites is 4. The fraction of sp³-hybridized carbons (Fsp3) is 0. The number of rotatable bonds is 5. The Morgan fingerprint density at radius 1 is 0.344 bits per heavy atom. The molecule has 0 aliphatic heterocycles. The van der Waals surface area contributed by atoms with E-state index in [0.717, 1.165) is 49.7 Å². The third kappa shape index (κ3) is 5.24. The number of nitrogens with zero attached hydrogens (tertiary/aromatic N) is 4. The molecular weight excluding hydrogens is 761 g/mol. The molecule has 0 aliphatic carbocycles. The van der Waals surface area contributed by atoms with E-state index >= 15 is 0 Å².